The van der Waals surface area contributed by atoms with Crippen molar-refractivity contribution >= 4 is 11.5 Å². The van der Waals surface area contributed by atoms with Gasteiger partial charge in [0.05, 0.1) is 7.11 Å². The van der Waals surface area contributed by atoms with Crippen molar-refractivity contribution in [1.82, 2.24) is 0 Å². The molecule has 3 rings (SSSR count). The standard InChI is InChI=1S/C21H23NO3/c1-15-5-3-6-16(21(15)23)14-22-17-9-11-18(12-10-17)25-20-8-4-7-19(13-20)24-2/h4,7-15,22H,3,5-6H2,1-2H3/b16-14-/t15-/m1/s1. The summed E-state index contributed by atoms with van der Waals surface area (Å²) in [6, 6.07) is 15.1. The average Bonchev–Trinajstić information content (AvgIpc) is 2.64. The van der Waals surface area contributed by atoms with Crippen LogP contribution in [0.3, 0.4) is 0 Å². The first-order valence-corrected chi connectivity index (χ1v) is 8.57. The van der Waals surface area contributed by atoms with E-state index < -0.39 is 0 Å². The van der Waals surface area contributed by atoms with Crippen molar-refractivity contribution in [1.29, 1.82) is 0 Å². The van der Waals surface area contributed by atoms with E-state index in [1.165, 1.54) is 0 Å². The van der Waals surface area contributed by atoms with Gasteiger partial charge in [-0.2, -0.15) is 0 Å². The first-order valence-electron chi connectivity index (χ1n) is 8.57. The Labute approximate surface area is 148 Å². The van der Waals surface area contributed by atoms with Gasteiger partial charge in [-0.3, -0.25) is 4.79 Å². The van der Waals surface area contributed by atoms with Crippen LogP contribution in [0.15, 0.2) is 60.3 Å². The summed E-state index contributed by atoms with van der Waals surface area (Å²) in [5.41, 5.74) is 1.81. The molecule has 0 saturated heterocycles. The second-order valence-corrected chi connectivity index (χ2v) is 6.28. The molecule has 2 aromatic carbocycles. The highest BCUT2D eigenvalue weighted by atomic mass is 16.5. The molecule has 0 bridgehead atoms. The maximum atomic E-state index is 12.1. The molecule has 4 heteroatoms. The van der Waals surface area contributed by atoms with E-state index in [0.717, 1.165) is 47.8 Å². The van der Waals surface area contributed by atoms with Gasteiger partial charge in [0.15, 0.2) is 5.78 Å². The number of hydrogen-bond acceptors (Lipinski definition) is 4. The lowest BCUT2D eigenvalue weighted by molar-refractivity contribution is -0.119. The van der Waals surface area contributed by atoms with Crippen molar-refractivity contribution in [2.24, 2.45) is 5.92 Å². The van der Waals surface area contributed by atoms with E-state index in [0.29, 0.717) is 0 Å². The van der Waals surface area contributed by atoms with Crippen molar-refractivity contribution in [2.45, 2.75) is 26.2 Å². The first-order chi connectivity index (χ1) is 12.2. The molecule has 1 saturated carbocycles. The minimum absolute atomic E-state index is 0.139. The molecule has 25 heavy (non-hydrogen) atoms. The predicted molar refractivity (Wildman–Crippen MR) is 99.2 cm³/mol. The minimum Gasteiger partial charge on any atom is -0.497 e. The van der Waals surface area contributed by atoms with Crippen LogP contribution in [-0.4, -0.2) is 12.9 Å². The molecule has 0 unspecified atom stereocenters. The molecular weight excluding hydrogens is 314 g/mol. The summed E-state index contributed by atoms with van der Waals surface area (Å²) in [7, 11) is 1.63. The highest BCUT2D eigenvalue weighted by Crippen LogP contribution is 2.27. The van der Waals surface area contributed by atoms with Crippen LogP contribution in [0.2, 0.25) is 0 Å². The topological polar surface area (TPSA) is 47.6 Å². The van der Waals surface area contributed by atoms with Crippen molar-refractivity contribution in [2.75, 3.05) is 12.4 Å². The number of Topliss-reactive ketones (excluding diaryl/α,β-unsaturated/α-hetero) is 1. The number of hydrogen-bond donors (Lipinski definition) is 1. The molecule has 2 aromatic rings. The number of ketones is 1. The summed E-state index contributed by atoms with van der Waals surface area (Å²) in [4.78, 5) is 12.1. The van der Waals surface area contributed by atoms with Crippen LogP contribution in [0.5, 0.6) is 17.2 Å². The molecule has 130 valence electrons. The number of methoxy groups -OCH3 is 1. The van der Waals surface area contributed by atoms with Crippen LogP contribution >= 0.6 is 0 Å². The van der Waals surface area contributed by atoms with E-state index in [1.54, 1.807) is 7.11 Å². The number of anilines is 1. The number of nitrogens with one attached hydrogen (secondary N) is 1. The third-order valence-corrected chi connectivity index (χ3v) is 4.39. The first kappa shape index (κ1) is 17.1. The number of carbonyl (C=O) groups is 1. The Bertz CT molecular complexity index is 765. The number of carbonyl (C=O) groups excluding carboxylic acids is 1. The van der Waals surface area contributed by atoms with Gasteiger partial charge >= 0.3 is 0 Å². The normalized spacial score (nSPS) is 18.9. The number of rotatable bonds is 5. The smallest absolute Gasteiger partial charge is 0.163 e. The molecule has 1 N–H and O–H groups in total. The van der Waals surface area contributed by atoms with Gasteiger partial charge in [-0.05, 0) is 55.7 Å². The second kappa shape index (κ2) is 7.88. The Morgan fingerprint density at radius 3 is 2.60 bits per heavy atom. The molecule has 1 atom stereocenters. The molecule has 1 aliphatic carbocycles. The number of ether oxygens (including phenoxy) is 2. The summed E-state index contributed by atoms with van der Waals surface area (Å²) in [5.74, 6) is 2.63. The third-order valence-electron chi connectivity index (χ3n) is 4.39. The zero-order chi connectivity index (χ0) is 17.6. The van der Waals surface area contributed by atoms with E-state index in [9.17, 15) is 4.79 Å². The molecule has 0 heterocycles. The highest BCUT2D eigenvalue weighted by molar-refractivity contribution is 5.97. The molecule has 4 nitrogen and oxygen atoms in total. The summed E-state index contributed by atoms with van der Waals surface area (Å²) in [6.07, 6.45) is 4.77. The Morgan fingerprint density at radius 1 is 1.08 bits per heavy atom. The van der Waals surface area contributed by atoms with Crippen LogP contribution < -0.4 is 14.8 Å². The zero-order valence-corrected chi connectivity index (χ0v) is 14.6. The Morgan fingerprint density at radius 2 is 1.84 bits per heavy atom. The van der Waals surface area contributed by atoms with E-state index in [4.69, 9.17) is 9.47 Å². The van der Waals surface area contributed by atoms with Gasteiger partial charge in [-0.1, -0.05) is 13.0 Å². The van der Waals surface area contributed by atoms with Crippen molar-refractivity contribution in [3.05, 3.63) is 60.3 Å². The highest BCUT2D eigenvalue weighted by Gasteiger charge is 2.22. The van der Waals surface area contributed by atoms with Crippen LogP contribution in [0.1, 0.15) is 26.2 Å². The largest absolute Gasteiger partial charge is 0.497 e. The molecule has 1 fully saturated rings. The molecule has 0 radical (unpaired) electrons. The fraction of sp³-hybridized carbons (Fsp3) is 0.286. The second-order valence-electron chi connectivity index (χ2n) is 6.28. The van der Waals surface area contributed by atoms with E-state index in [1.807, 2.05) is 61.7 Å². The van der Waals surface area contributed by atoms with E-state index >= 15 is 0 Å². The van der Waals surface area contributed by atoms with Crippen LogP contribution in [0, 0.1) is 5.92 Å². The molecule has 0 aromatic heterocycles. The Kier molecular flexibility index (Phi) is 5.39. The van der Waals surface area contributed by atoms with Gasteiger partial charge in [0, 0.05) is 29.4 Å². The lowest BCUT2D eigenvalue weighted by atomic mass is 9.86. The molecule has 1 aliphatic rings. The summed E-state index contributed by atoms with van der Waals surface area (Å²) < 4.78 is 11.0. The van der Waals surface area contributed by atoms with E-state index in [-0.39, 0.29) is 11.7 Å². The molecule has 0 aliphatic heterocycles. The van der Waals surface area contributed by atoms with Gasteiger partial charge < -0.3 is 14.8 Å². The van der Waals surface area contributed by atoms with Gasteiger partial charge in [-0.25, -0.2) is 0 Å². The summed E-state index contributed by atoms with van der Waals surface area (Å²) in [6.45, 7) is 2.00. The monoisotopic (exact) mass is 337 g/mol. The molecular formula is C21H23NO3. The molecule has 0 amide bonds. The van der Waals surface area contributed by atoms with Crippen LogP contribution in [0.4, 0.5) is 5.69 Å². The summed E-state index contributed by atoms with van der Waals surface area (Å²) >= 11 is 0. The van der Waals surface area contributed by atoms with E-state index in [2.05, 4.69) is 5.32 Å². The maximum Gasteiger partial charge on any atom is 0.163 e. The number of allylic oxidation sites excluding steroid dienone is 1. The lowest BCUT2D eigenvalue weighted by Crippen LogP contribution is -2.19. The lowest BCUT2D eigenvalue weighted by Gasteiger charge is -2.19. The van der Waals surface area contributed by atoms with Crippen molar-refractivity contribution in [3.8, 4) is 17.2 Å². The zero-order valence-electron chi connectivity index (χ0n) is 14.6. The summed E-state index contributed by atoms with van der Waals surface area (Å²) in [5, 5.41) is 3.22. The third kappa shape index (κ3) is 4.41. The van der Waals surface area contributed by atoms with Crippen LogP contribution in [0.25, 0.3) is 0 Å². The molecule has 0 spiro atoms. The predicted octanol–water partition coefficient (Wildman–Crippen LogP) is 5.17. The Balaban J connectivity index is 1.63. The van der Waals surface area contributed by atoms with Gasteiger partial charge in [-0.15, -0.1) is 0 Å². The average molecular weight is 337 g/mol. The maximum absolute atomic E-state index is 12.1. The fourth-order valence-electron chi connectivity index (χ4n) is 2.90. The quantitative estimate of drug-likeness (QED) is 0.764. The number of benzene rings is 2. The van der Waals surface area contributed by atoms with Crippen molar-refractivity contribution < 1.29 is 14.3 Å². The SMILES string of the molecule is COc1cccc(Oc2ccc(N/C=C3/CCC[C@@H](C)C3=O)cc2)c1. The van der Waals surface area contributed by atoms with Crippen molar-refractivity contribution in [3.63, 3.8) is 0 Å². The van der Waals surface area contributed by atoms with Crippen LogP contribution in [-0.2, 0) is 4.79 Å². The van der Waals surface area contributed by atoms with Gasteiger partial charge in [0.1, 0.15) is 17.2 Å². The van der Waals surface area contributed by atoms with Gasteiger partial charge in [0.25, 0.3) is 0 Å². The Hall–Kier alpha value is -2.75. The van der Waals surface area contributed by atoms with Gasteiger partial charge in [0.2, 0.25) is 0 Å². The fourth-order valence-corrected chi connectivity index (χ4v) is 2.90. The minimum atomic E-state index is 0.139.